The van der Waals surface area contributed by atoms with Crippen molar-refractivity contribution in [2.45, 2.75) is 57.8 Å². The van der Waals surface area contributed by atoms with Crippen LogP contribution in [0.5, 0.6) is 0 Å². The molecule has 0 saturated carbocycles. The fraction of sp³-hybridized carbons (Fsp3) is 0.500. The fourth-order valence-corrected chi connectivity index (χ4v) is 2.92. The maximum Gasteiger partial charge on any atom is 0.498 e. The number of halogens is 3. The third-order valence-electron chi connectivity index (χ3n) is 5.08. The molecule has 1 fully saturated rings. The van der Waals surface area contributed by atoms with Crippen LogP contribution in [0.2, 0.25) is 0 Å². The van der Waals surface area contributed by atoms with Gasteiger partial charge in [0.25, 0.3) is 5.92 Å². The Bertz CT molecular complexity index is 768. The van der Waals surface area contributed by atoms with E-state index in [9.17, 15) is 13.2 Å². The van der Waals surface area contributed by atoms with E-state index in [0.717, 1.165) is 19.1 Å². The Balaban J connectivity index is 1.93. The topological polar surface area (TPSA) is 36.3 Å². The van der Waals surface area contributed by atoms with Gasteiger partial charge in [0.05, 0.1) is 11.2 Å². The van der Waals surface area contributed by atoms with Crippen LogP contribution in [0.15, 0.2) is 36.7 Å². The van der Waals surface area contributed by atoms with Gasteiger partial charge in [0.2, 0.25) is 0 Å². The molecule has 0 bridgehead atoms. The normalized spacial score (nSPS) is 20.4. The van der Waals surface area contributed by atoms with Gasteiger partial charge >= 0.3 is 7.12 Å². The summed E-state index contributed by atoms with van der Waals surface area (Å²) >= 11 is 0. The third kappa shape index (κ3) is 3.40. The highest BCUT2D eigenvalue weighted by atomic mass is 19.3. The molecule has 1 atom stereocenters. The molecular weight excluding hydrogens is 344 g/mol. The summed E-state index contributed by atoms with van der Waals surface area (Å²) in [5.74, 6) is -3.58. The van der Waals surface area contributed by atoms with Gasteiger partial charge in [0.1, 0.15) is 11.9 Å². The smallest absolute Gasteiger partial charge is 0.399 e. The molecule has 26 heavy (non-hydrogen) atoms. The molecule has 1 saturated heterocycles. The second-order valence-electron chi connectivity index (χ2n) is 7.75. The number of benzene rings is 1. The van der Waals surface area contributed by atoms with Gasteiger partial charge in [0, 0.05) is 24.8 Å². The first-order valence-electron chi connectivity index (χ1n) is 8.44. The SMILES string of the molecule is CC(F)(F)C(c1ccc(F)cc1)n1cc(B2OC(C)(C)C(C)(C)O2)cn1. The van der Waals surface area contributed by atoms with E-state index in [1.54, 1.807) is 0 Å². The summed E-state index contributed by atoms with van der Waals surface area (Å²) in [4.78, 5) is 0. The van der Waals surface area contributed by atoms with E-state index in [-0.39, 0.29) is 5.56 Å². The second kappa shape index (κ2) is 6.13. The van der Waals surface area contributed by atoms with E-state index >= 15 is 0 Å². The molecule has 0 spiro atoms. The first-order chi connectivity index (χ1) is 11.9. The van der Waals surface area contributed by atoms with E-state index in [0.29, 0.717) is 5.46 Å². The molecule has 1 aliphatic heterocycles. The lowest BCUT2D eigenvalue weighted by atomic mass is 9.82. The molecule has 140 valence electrons. The van der Waals surface area contributed by atoms with Gasteiger partial charge in [-0.1, -0.05) is 12.1 Å². The van der Waals surface area contributed by atoms with E-state index in [2.05, 4.69) is 5.10 Å². The Morgan fingerprint density at radius 2 is 1.62 bits per heavy atom. The second-order valence-corrected chi connectivity index (χ2v) is 7.75. The summed E-state index contributed by atoms with van der Waals surface area (Å²) < 4.78 is 54.8. The Morgan fingerprint density at radius 3 is 2.12 bits per heavy atom. The quantitative estimate of drug-likeness (QED) is 0.777. The van der Waals surface area contributed by atoms with Crippen molar-refractivity contribution in [3.05, 3.63) is 48.0 Å². The van der Waals surface area contributed by atoms with Crippen molar-refractivity contribution in [1.29, 1.82) is 0 Å². The number of hydrogen-bond acceptors (Lipinski definition) is 3. The highest BCUT2D eigenvalue weighted by Gasteiger charge is 2.52. The highest BCUT2D eigenvalue weighted by molar-refractivity contribution is 6.62. The van der Waals surface area contributed by atoms with Crippen molar-refractivity contribution in [1.82, 2.24) is 9.78 Å². The first-order valence-corrected chi connectivity index (χ1v) is 8.44. The van der Waals surface area contributed by atoms with Crippen molar-refractivity contribution in [2.75, 3.05) is 0 Å². The lowest BCUT2D eigenvalue weighted by Crippen LogP contribution is -2.41. The summed E-state index contributed by atoms with van der Waals surface area (Å²) in [6, 6.07) is 3.64. The third-order valence-corrected chi connectivity index (χ3v) is 5.08. The van der Waals surface area contributed by atoms with Gasteiger partial charge in [-0.3, -0.25) is 4.68 Å². The predicted octanol–water partition coefficient (Wildman–Crippen LogP) is 3.57. The molecule has 1 unspecified atom stereocenters. The predicted molar refractivity (Wildman–Crippen MR) is 93.1 cm³/mol. The lowest BCUT2D eigenvalue weighted by Gasteiger charge is -2.32. The van der Waals surface area contributed by atoms with E-state index in [1.807, 2.05) is 27.7 Å². The summed E-state index contributed by atoms with van der Waals surface area (Å²) in [5.41, 5.74) is -0.252. The molecule has 0 aliphatic carbocycles. The summed E-state index contributed by atoms with van der Waals surface area (Å²) in [6.45, 7) is 8.48. The number of hydrogen-bond donors (Lipinski definition) is 0. The van der Waals surface area contributed by atoms with Crippen molar-refractivity contribution < 1.29 is 22.5 Å². The van der Waals surface area contributed by atoms with Gasteiger partial charge in [0.15, 0.2) is 0 Å². The van der Waals surface area contributed by atoms with Crippen LogP contribution >= 0.6 is 0 Å². The van der Waals surface area contributed by atoms with Gasteiger partial charge in [-0.05, 0) is 45.4 Å². The lowest BCUT2D eigenvalue weighted by molar-refractivity contribution is -0.0217. The van der Waals surface area contributed by atoms with Crippen molar-refractivity contribution in [3.8, 4) is 0 Å². The Labute approximate surface area is 151 Å². The monoisotopic (exact) mass is 366 g/mol. The minimum absolute atomic E-state index is 0.266. The summed E-state index contributed by atoms with van der Waals surface area (Å²) in [6.07, 6.45) is 2.96. The van der Waals surface area contributed by atoms with Crippen LogP contribution in [0.1, 0.15) is 46.2 Å². The van der Waals surface area contributed by atoms with Crippen LogP contribution in [-0.2, 0) is 9.31 Å². The zero-order chi connectivity index (χ0) is 19.3. The molecule has 4 nitrogen and oxygen atoms in total. The molecule has 1 aromatic heterocycles. The Hall–Kier alpha value is -1.80. The largest absolute Gasteiger partial charge is 0.498 e. The number of nitrogens with zero attached hydrogens (tertiary/aromatic N) is 2. The van der Waals surface area contributed by atoms with Crippen LogP contribution < -0.4 is 5.46 Å². The Morgan fingerprint density at radius 1 is 1.08 bits per heavy atom. The molecule has 0 radical (unpaired) electrons. The molecule has 2 heterocycles. The van der Waals surface area contributed by atoms with Gasteiger partial charge < -0.3 is 9.31 Å². The fourth-order valence-electron chi connectivity index (χ4n) is 2.92. The standard InChI is InChI=1S/C18H22BF3N2O2/c1-16(2)17(3,4)26-19(25-16)13-10-23-24(11-13)15(18(5,21)22)12-6-8-14(20)9-7-12/h6-11,15H,1-5H3. The molecule has 8 heteroatoms. The molecule has 1 aromatic carbocycles. The Kier molecular flexibility index (Phi) is 4.47. The van der Waals surface area contributed by atoms with Gasteiger partial charge in [-0.15, -0.1) is 0 Å². The number of rotatable bonds is 4. The number of aromatic nitrogens is 2. The average Bonchev–Trinajstić information content (AvgIpc) is 3.03. The van der Waals surface area contributed by atoms with Crippen LogP contribution in [0, 0.1) is 5.82 Å². The van der Waals surface area contributed by atoms with Crippen LogP contribution in [0.3, 0.4) is 0 Å². The molecule has 2 aromatic rings. The number of alkyl halides is 2. The highest BCUT2D eigenvalue weighted by Crippen LogP contribution is 2.37. The van der Waals surface area contributed by atoms with E-state index in [4.69, 9.17) is 9.31 Å². The average molecular weight is 366 g/mol. The van der Waals surface area contributed by atoms with Gasteiger partial charge in [-0.25, -0.2) is 13.2 Å². The molecule has 1 aliphatic rings. The molecular formula is C18H22BF3N2O2. The minimum atomic E-state index is -3.10. The van der Waals surface area contributed by atoms with Crippen LogP contribution in [-0.4, -0.2) is 34.0 Å². The minimum Gasteiger partial charge on any atom is -0.399 e. The molecule has 0 amide bonds. The summed E-state index contributed by atoms with van der Waals surface area (Å²) in [5, 5.41) is 4.10. The summed E-state index contributed by atoms with van der Waals surface area (Å²) in [7, 11) is -0.687. The van der Waals surface area contributed by atoms with Gasteiger partial charge in [-0.2, -0.15) is 5.10 Å². The zero-order valence-electron chi connectivity index (χ0n) is 15.5. The van der Waals surface area contributed by atoms with E-state index < -0.39 is 36.1 Å². The first kappa shape index (κ1) is 19.0. The van der Waals surface area contributed by atoms with Crippen molar-refractivity contribution in [3.63, 3.8) is 0 Å². The molecule has 3 rings (SSSR count). The zero-order valence-corrected chi connectivity index (χ0v) is 15.5. The van der Waals surface area contributed by atoms with E-state index in [1.165, 1.54) is 29.2 Å². The maximum absolute atomic E-state index is 14.3. The maximum atomic E-state index is 14.3. The van der Waals surface area contributed by atoms with Crippen LogP contribution in [0.4, 0.5) is 13.2 Å². The van der Waals surface area contributed by atoms with Crippen molar-refractivity contribution >= 4 is 12.6 Å². The van der Waals surface area contributed by atoms with Crippen LogP contribution in [0.25, 0.3) is 0 Å². The molecule has 0 N–H and O–H groups in total. The van der Waals surface area contributed by atoms with Crippen molar-refractivity contribution in [2.24, 2.45) is 0 Å².